The zero-order valence-electron chi connectivity index (χ0n) is 12.1. The number of hydrogen-bond donors (Lipinski definition) is 1. The van der Waals surface area contributed by atoms with E-state index in [4.69, 9.17) is 4.74 Å². The van der Waals surface area contributed by atoms with Crippen LogP contribution in [-0.4, -0.2) is 18.3 Å². The minimum atomic E-state index is -0.382. The monoisotopic (exact) mass is 377 g/mol. The maximum Gasteiger partial charge on any atom is 0.224 e. The van der Waals surface area contributed by atoms with Gasteiger partial charge in [0.25, 0.3) is 0 Å². The van der Waals surface area contributed by atoms with Crippen molar-refractivity contribution in [2.45, 2.75) is 12.8 Å². The number of benzene rings is 2. The molecule has 23 heavy (non-hydrogen) atoms. The van der Waals surface area contributed by atoms with Gasteiger partial charge in [0.1, 0.15) is 11.6 Å². The summed E-state index contributed by atoms with van der Waals surface area (Å²) in [5.41, 5.74) is 2.22. The number of Topliss-reactive ketones (excluding diaryl/α,β-unsaturated/α-hetero) is 1. The second kappa shape index (κ2) is 6.50. The molecule has 1 aliphatic heterocycles. The van der Waals surface area contributed by atoms with Crippen LogP contribution < -0.4 is 10.1 Å². The smallest absolute Gasteiger partial charge is 0.224 e. The Kier molecular flexibility index (Phi) is 4.43. The fourth-order valence-corrected chi connectivity index (χ4v) is 2.84. The van der Waals surface area contributed by atoms with Crippen LogP contribution in [0.5, 0.6) is 5.75 Å². The molecule has 1 amide bonds. The fourth-order valence-electron chi connectivity index (χ4n) is 2.38. The molecule has 1 heterocycles. The van der Waals surface area contributed by atoms with Crippen molar-refractivity contribution in [1.82, 2.24) is 0 Å². The molecule has 0 aromatic heterocycles. The lowest BCUT2D eigenvalue weighted by molar-refractivity contribution is -0.116. The molecule has 2 aromatic carbocycles. The minimum Gasteiger partial charge on any atom is -0.484 e. The first-order valence-electron chi connectivity index (χ1n) is 7.07. The van der Waals surface area contributed by atoms with Gasteiger partial charge < -0.3 is 10.1 Å². The van der Waals surface area contributed by atoms with Crippen LogP contribution in [0.3, 0.4) is 0 Å². The first kappa shape index (κ1) is 15.7. The molecule has 0 radical (unpaired) electrons. The van der Waals surface area contributed by atoms with Gasteiger partial charge in [0.2, 0.25) is 5.91 Å². The summed E-state index contributed by atoms with van der Waals surface area (Å²) in [6.45, 7) is -0.143. The standard InChI is InChI=1S/C17H13BrFNO3/c18-13-8-12(19)3-5-16(13)23-9-15(21)11-1-4-14-10(7-11)2-6-17(22)20-14/h1,3-5,7-8H,2,6,9H2,(H,20,22). The van der Waals surface area contributed by atoms with Crippen molar-refractivity contribution in [3.8, 4) is 5.75 Å². The lowest BCUT2D eigenvalue weighted by Crippen LogP contribution is -2.20. The molecule has 4 nitrogen and oxygen atoms in total. The van der Waals surface area contributed by atoms with Gasteiger partial charge in [-0.05, 0) is 64.3 Å². The van der Waals surface area contributed by atoms with Gasteiger partial charge in [-0.2, -0.15) is 0 Å². The molecule has 3 rings (SSSR count). The van der Waals surface area contributed by atoms with E-state index in [2.05, 4.69) is 21.2 Å². The average Bonchev–Trinajstić information content (AvgIpc) is 2.53. The maximum absolute atomic E-state index is 13.0. The number of aryl methyl sites for hydroxylation is 1. The summed E-state index contributed by atoms with van der Waals surface area (Å²) in [6, 6.07) is 9.19. The van der Waals surface area contributed by atoms with Gasteiger partial charge in [-0.3, -0.25) is 9.59 Å². The molecule has 2 aromatic rings. The fraction of sp³-hybridized carbons (Fsp3) is 0.176. The molecule has 0 bridgehead atoms. The summed E-state index contributed by atoms with van der Waals surface area (Å²) in [5.74, 6) is -0.167. The summed E-state index contributed by atoms with van der Waals surface area (Å²) < 4.78 is 18.9. The highest BCUT2D eigenvalue weighted by Crippen LogP contribution is 2.26. The van der Waals surface area contributed by atoms with E-state index >= 15 is 0 Å². The Morgan fingerprint density at radius 2 is 2.04 bits per heavy atom. The molecular formula is C17H13BrFNO3. The Morgan fingerprint density at radius 1 is 1.22 bits per heavy atom. The number of ether oxygens (including phenoxy) is 1. The molecule has 0 saturated heterocycles. The molecule has 1 aliphatic rings. The zero-order valence-corrected chi connectivity index (χ0v) is 13.7. The number of anilines is 1. The van der Waals surface area contributed by atoms with Gasteiger partial charge in [-0.15, -0.1) is 0 Å². The predicted molar refractivity (Wildman–Crippen MR) is 87.3 cm³/mol. The number of ketones is 1. The minimum absolute atomic E-state index is 0.0129. The lowest BCUT2D eigenvalue weighted by Gasteiger charge is -2.17. The van der Waals surface area contributed by atoms with Crippen molar-refractivity contribution in [2.24, 2.45) is 0 Å². The van der Waals surface area contributed by atoms with E-state index in [1.54, 1.807) is 18.2 Å². The number of carbonyl (C=O) groups excluding carboxylic acids is 2. The molecule has 1 N–H and O–H groups in total. The SMILES string of the molecule is O=C1CCc2cc(C(=O)COc3ccc(F)cc3Br)ccc2N1. The lowest BCUT2D eigenvalue weighted by atomic mass is 9.99. The summed E-state index contributed by atoms with van der Waals surface area (Å²) >= 11 is 3.19. The maximum atomic E-state index is 13.0. The van der Waals surface area contributed by atoms with E-state index in [9.17, 15) is 14.0 Å². The van der Waals surface area contributed by atoms with Crippen molar-refractivity contribution in [2.75, 3.05) is 11.9 Å². The second-order valence-electron chi connectivity index (χ2n) is 5.21. The van der Waals surface area contributed by atoms with Crippen molar-refractivity contribution in [3.63, 3.8) is 0 Å². The molecule has 0 saturated carbocycles. The predicted octanol–water partition coefficient (Wildman–Crippen LogP) is 3.73. The number of amides is 1. The van der Waals surface area contributed by atoms with Crippen LogP contribution in [0.1, 0.15) is 22.3 Å². The summed E-state index contributed by atoms with van der Waals surface area (Å²) in [7, 11) is 0. The molecule has 118 valence electrons. The molecule has 0 unspecified atom stereocenters. The van der Waals surface area contributed by atoms with E-state index in [0.717, 1.165) is 11.3 Å². The van der Waals surface area contributed by atoms with Crippen LogP contribution in [-0.2, 0) is 11.2 Å². The number of rotatable bonds is 4. The Hall–Kier alpha value is -2.21. The molecule has 0 spiro atoms. The molecule has 0 atom stereocenters. The van der Waals surface area contributed by atoms with Crippen LogP contribution >= 0.6 is 15.9 Å². The van der Waals surface area contributed by atoms with E-state index < -0.39 is 0 Å². The van der Waals surface area contributed by atoms with Gasteiger partial charge in [0, 0.05) is 17.7 Å². The van der Waals surface area contributed by atoms with Crippen molar-refractivity contribution < 1.29 is 18.7 Å². The number of nitrogens with one attached hydrogen (secondary N) is 1. The third kappa shape index (κ3) is 3.59. The van der Waals surface area contributed by atoms with Gasteiger partial charge in [0.15, 0.2) is 12.4 Å². The molecule has 0 aliphatic carbocycles. The third-order valence-electron chi connectivity index (χ3n) is 3.58. The highest BCUT2D eigenvalue weighted by molar-refractivity contribution is 9.10. The number of hydrogen-bond acceptors (Lipinski definition) is 3. The van der Waals surface area contributed by atoms with Crippen LogP contribution in [0.2, 0.25) is 0 Å². The molecule has 6 heteroatoms. The van der Waals surface area contributed by atoms with Crippen molar-refractivity contribution >= 4 is 33.3 Å². The van der Waals surface area contributed by atoms with Gasteiger partial charge in [-0.1, -0.05) is 0 Å². The van der Waals surface area contributed by atoms with Gasteiger partial charge in [-0.25, -0.2) is 4.39 Å². The van der Waals surface area contributed by atoms with Gasteiger partial charge in [0.05, 0.1) is 4.47 Å². The number of carbonyl (C=O) groups is 2. The number of halogens is 2. The van der Waals surface area contributed by atoms with E-state index in [0.29, 0.717) is 28.6 Å². The summed E-state index contributed by atoms with van der Waals surface area (Å²) in [4.78, 5) is 23.6. The van der Waals surface area contributed by atoms with Crippen LogP contribution in [0.15, 0.2) is 40.9 Å². The normalized spacial score (nSPS) is 13.2. The summed E-state index contributed by atoms with van der Waals surface area (Å²) in [6.07, 6.45) is 1.04. The van der Waals surface area contributed by atoms with Crippen LogP contribution in [0.25, 0.3) is 0 Å². The largest absolute Gasteiger partial charge is 0.484 e. The second-order valence-corrected chi connectivity index (χ2v) is 6.06. The first-order valence-corrected chi connectivity index (χ1v) is 7.86. The topological polar surface area (TPSA) is 55.4 Å². The molecular weight excluding hydrogens is 365 g/mol. The van der Waals surface area contributed by atoms with Crippen molar-refractivity contribution in [1.29, 1.82) is 0 Å². The first-order chi connectivity index (χ1) is 11.0. The van der Waals surface area contributed by atoms with Gasteiger partial charge >= 0.3 is 0 Å². The van der Waals surface area contributed by atoms with E-state index in [-0.39, 0.29) is 24.1 Å². The number of fused-ring (bicyclic) bond motifs is 1. The highest BCUT2D eigenvalue weighted by atomic mass is 79.9. The Morgan fingerprint density at radius 3 is 2.83 bits per heavy atom. The summed E-state index contributed by atoms with van der Waals surface area (Å²) in [5, 5.41) is 2.77. The average molecular weight is 378 g/mol. The third-order valence-corrected chi connectivity index (χ3v) is 4.20. The van der Waals surface area contributed by atoms with Crippen molar-refractivity contribution in [3.05, 3.63) is 57.8 Å². The van der Waals surface area contributed by atoms with E-state index in [1.807, 2.05) is 0 Å². The quantitative estimate of drug-likeness (QED) is 0.825. The Bertz CT molecular complexity index is 791. The van der Waals surface area contributed by atoms with E-state index in [1.165, 1.54) is 18.2 Å². The Labute approximate surface area is 140 Å². The van der Waals surface area contributed by atoms with Crippen LogP contribution in [0.4, 0.5) is 10.1 Å². The zero-order chi connectivity index (χ0) is 16.4. The highest BCUT2D eigenvalue weighted by Gasteiger charge is 2.17. The molecule has 0 fully saturated rings. The van der Waals surface area contributed by atoms with Crippen LogP contribution in [0, 0.1) is 5.82 Å². The Balaban J connectivity index is 1.70.